The van der Waals surface area contributed by atoms with E-state index in [0.717, 1.165) is 0 Å². The van der Waals surface area contributed by atoms with E-state index >= 15 is 0 Å². The van der Waals surface area contributed by atoms with Crippen LogP contribution < -0.4 is 0 Å². The van der Waals surface area contributed by atoms with Gasteiger partial charge >= 0.3 is 5.97 Å². The van der Waals surface area contributed by atoms with Gasteiger partial charge in [0.1, 0.15) is 12.1 Å². The number of ether oxygens (including phenoxy) is 1. The summed E-state index contributed by atoms with van der Waals surface area (Å²) >= 11 is 5.91. The molecule has 5 nitrogen and oxygen atoms in total. The lowest BCUT2D eigenvalue weighted by Crippen LogP contribution is -2.05. The lowest BCUT2D eigenvalue weighted by molar-refractivity contribution is 0.0529. The van der Waals surface area contributed by atoms with Crippen molar-refractivity contribution in [3.8, 4) is 11.3 Å². The van der Waals surface area contributed by atoms with Crippen molar-refractivity contribution in [1.82, 2.24) is 9.38 Å². The average molecular weight is 423 g/mol. The SMILES string of the molecule is CCOC(=O)c1cc(C(=O)c2ccc(Cl)cc2)n2cnc(-c3ccccc3F)cc12. The second-order valence-electron chi connectivity index (χ2n) is 6.51. The maximum atomic E-state index is 14.2. The van der Waals surface area contributed by atoms with Gasteiger partial charge in [-0.1, -0.05) is 23.7 Å². The lowest BCUT2D eigenvalue weighted by Gasteiger charge is -2.06. The molecule has 4 rings (SSSR count). The van der Waals surface area contributed by atoms with E-state index in [2.05, 4.69) is 4.98 Å². The number of benzene rings is 2. The maximum absolute atomic E-state index is 14.2. The number of hydrogen-bond donors (Lipinski definition) is 0. The fourth-order valence-corrected chi connectivity index (χ4v) is 3.34. The minimum Gasteiger partial charge on any atom is -0.462 e. The zero-order valence-corrected chi connectivity index (χ0v) is 16.7. The van der Waals surface area contributed by atoms with Gasteiger partial charge in [0.25, 0.3) is 0 Å². The van der Waals surface area contributed by atoms with Gasteiger partial charge < -0.3 is 4.74 Å². The normalized spacial score (nSPS) is 10.9. The van der Waals surface area contributed by atoms with Gasteiger partial charge in [-0.05, 0) is 55.5 Å². The molecule has 0 saturated heterocycles. The van der Waals surface area contributed by atoms with E-state index in [0.29, 0.717) is 27.4 Å². The van der Waals surface area contributed by atoms with Gasteiger partial charge in [-0.25, -0.2) is 14.2 Å². The maximum Gasteiger partial charge on any atom is 0.340 e. The molecule has 0 radical (unpaired) electrons. The molecule has 0 unspecified atom stereocenters. The molecule has 7 heteroatoms. The smallest absolute Gasteiger partial charge is 0.340 e. The predicted octanol–water partition coefficient (Wildman–Crippen LogP) is 5.20. The Hall–Kier alpha value is -3.51. The Kier molecular flexibility index (Phi) is 5.33. The van der Waals surface area contributed by atoms with E-state index in [1.54, 1.807) is 55.5 Å². The Bertz CT molecular complexity index is 1270. The first kappa shape index (κ1) is 19.8. The van der Waals surface area contributed by atoms with Gasteiger partial charge in [-0.15, -0.1) is 0 Å². The Balaban J connectivity index is 1.90. The highest BCUT2D eigenvalue weighted by Crippen LogP contribution is 2.26. The van der Waals surface area contributed by atoms with Crippen molar-refractivity contribution in [1.29, 1.82) is 0 Å². The molecule has 0 saturated carbocycles. The molecule has 2 aromatic heterocycles. The summed E-state index contributed by atoms with van der Waals surface area (Å²) in [6.45, 7) is 1.88. The second-order valence-corrected chi connectivity index (χ2v) is 6.95. The Morgan fingerprint density at radius 2 is 1.83 bits per heavy atom. The summed E-state index contributed by atoms with van der Waals surface area (Å²) in [5, 5.41) is 0.509. The first-order valence-corrected chi connectivity index (χ1v) is 9.60. The second kappa shape index (κ2) is 8.08. The zero-order chi connectivity index (χ0) is 21.3. The van der Waals surface area contributed by atoms with E-state index in [4.69, 9.17) is 16.3 Å². The number of fused-ring (bicyclic) bond motifs is 1. The Labute approximate surface area is 176 Å². The first-order chi connectivity index (χ1) is 14.5. The van der Waals surface area contributed by atoms with E-state index in [1.165, 1.54) is 22.9 Å². The highest BCUT2D eigenvalue weighted by atomic mass is 35.5. The third-order valence-corrected chi connectivity index (χ3v) is 4.90. The number of carbonyl (C=O) groups is 2. The molecule has 2 aromatic carbocycles. The monoisotopic (exact) mass is 422 g/mol. The summed E-state index contributed by atoms with van der Waals surface area (Å²) in [5.41, 5.74) is 1.89. The quantitative estimate of drug-likeness (QED) is 0.327. The molecule has 0 aliphatic heterocycles. The van der Waals surface area contributed by atoms with Gasteiger partial charge in [-0.2, -0.15) is 0 Å². The molecule has 0 fully saturated rings. The summed E-state index contributed by atoms with van der Waals surface area (Å²) in [5.74, 6) is -1.32. The first-order valence-electron chi connectivity index (χ1n) is 9.23. The highest BCUT2D eigenvalue weighted by Gasteiger charge is 2.22. The van der Waals surface area contributed by atoms with Crippen molar-refractivity contribution in [2.24, 2.45) is 0 Å². The topological polar surface area (TPSA) is 60.7 Å². The van der Waals surface area contributed by atoms with Crippen molar-refractivity contribution in [2.75, 3.05) is 6.61 Å². The van der Waals surface area contributed by atoms with Crippen LogP contribution in [-0.4, -0.2) is 27.7 Å². The van der Waals surface area contributed by atoms with Crippen molar-refractivity contribution in [2.45, 2.75) is 6.92 Å². The number of aromatic nitrogens is 2. The number of hydrogen-bond acceptors (Lipinski definition) is 4. The van der Waals surface area contributed by atoms with Crippen LogP contribution in [0.1, 0.15) is 33.3 Å². The molecular weight excluding hydrogens is 407 g/mol. The molecular formula is C23H16ClFN2O3. The van der Waals surface area contributed by atoms with Crippen LogP contribution in [-0.2, 0) is 4.74 Å². The third-order valence-electron chi connectivity index (χ3n) is 4.65. The zero-order valence-electron chi connectivity index (χ0n) is 15.9. The van der Waals surface area contributed by atoms with Crippen LogP contribution in [0.25, 0.3) is 16.8 Å². The van der Waals surface area contributed by atoms with E-state index in [9.17, 15) is 14.0 Å². The third kappa shape index (κ3) is 3.57. The Morgan fingerprint density at radius 1 is 1.10 bits per heavy atom. The van der Waals surface area contributed by atoms with Gasteiger partial charge in [-0.3, -0.25) is 9.20 Å². The molecule has 0 bridgehead atoms. The van der Waals surface area contributed by atoms with Gasteiger partial charge in [0.05, 0.1) is 29.1 Å². The van der Waals surface area contributed by atoms with Crippen molar-refractivity contribution in [3.63, 3.8) is 0 Å². The fraction of sp³-hybridized carbons (Fsp3) is 0.0870. The largest absolute Gasteiger partial charge is 0.462 e. The van der Waals surface area contributed by atoms with Crippen molar-refractivity contribution < 1.29 is 18.7 Å². The summed E-state index contributed by atoms with van der Waals surface area (Å²) < 4.78 is 20.9. The van der Waals surface area contributed by atoms with Crippen LogP contribution in [0.4, 0.5) is 4.39 Å². The number of esters is 1. The van der Waals surface area contributed by atoms with E-state index in [1.807, 2.05) is 0 Å². The standard InChI is InChI=1S/C23H16ClFN2O3/c1-2-30-23(29)17-11-21(22(28)14-7-9-15(24)10-8-14)27-13-26-19(12-20(17)27)16-5-3-4-6-18(16)25/h3-13H,2H2,1H3. The molecule has 0 aliphatic carbocycles. The van der Waals surface area contributed by atoms with Gasteiger partial charge in [0, 0.05) is 16.1 Å². The van der Waals surface area contributed by atoms with Crippen molar-refractivity contribution in [3.05, 3.63) is 94.7 Å². The molecule has 30 heavy (non-hydrogen) atoms. The average Bonchev–Trinajstić information content (AvgIpc) is 3.13. The number of rotatable bonds is 5. The minimum absolute atomic E-state index is 0.182. The summed E-state index contributed by atoms with van der Waals surface area (Å²) in [4.78, 5) is 29.9. The predicted molar refractivity (Wildman–Crippen MR) is 111 cm³/mol. The van der Waals surface area contributed by atoms with E-state index < -0.39 is 11.8 Å². The molecule has 4 aromatic rings. The van der Waals surface area contributed by atoms with E-state index in [-0.39, 0.29) is 23.6 Å². The highest BCUT2D eigenvalue weighted by molar-refractivity contribution is 6.30. The number of carbonyl (C=O) groups excluding carboxylic acids is 2. The summed E-state index contributed by atoms with van der Waals surface area (Å²) in [6, 6.07) is 15.7. The molecule has 0 N–H and O–H groups in total. The molecule has 0 spiro atoms. The van der Waals surface area contributed by atoms with Gasteiger partial charge in [0.15, 0.2) is 0 Å². The molecule has 150 valence electrons. The Morgan fingerprint density at radius 3 is 2.53 bits per heavy atom. The molecule has 0 amide bonds. The van der Waals surface area contributed by atoms with Crippen LogP contribution >= 0.6 is 11.6 Å². The number of ketones is 1. The van der Waals surface area contributed by atoms with Crippen LogP contribution in [0, 0.1) is 5.82 Å². The van der Waals surface area contributed by atoms with Gasteiger partial charge in [0.2, 0.25) is 5.78 Å². The molecule has 2 heterocycles. The fourth-order valence-electron chi connectivity index (χ4n) is 3.21. The summed E-state index contributed by atoms with van der Waals surface area (Å²) in [6.07, 6.45) is 1.41. The van der Waals surface area contributed by atoms with Crippen LogP contribution in [0.15, 0.2) is 67.0 Å². The molecule has 0 atom stereocenters. The minimum atomic E-state index is -0.573. The number of nitrogens with zero attached hydrogens (tertiary/aromatic N) is 2. The summed E-state index contributed by atoms with van der Waals surface area (Å²) in [7, 11) is 0. The van der Waals surface area contributed by atoms with Crippen LogP contribution in [0.5, 0.6) is 0 Å². The van der Waals surface area contributed by atoms with Crippen LogP contribution in [0.2, 0.25) is 5.02 Å². The number of halogens is 2. The van der Waals surface area contributed by atoms with Crippen molar-refractivity contribution >= 4 is 28.9 Å². The van der Waals surface area contributed by atoms with Crippen LogP contribution in [0.3, 0.4) is 0 Å². The molecule has 0 aliphatic rings. The lowest BCUT2D eigenvalue weighted by atomic mass is 10.1.